The third-order valence-corrected chi connectivity index (χ3v) is 3.65. The number of unbranched alkanes of at least 4 members (excludes halogenated alkanes) is 11. The van der Waals surface area contributed by atoms with Crippen molar-refractivity contribution in [3.05, 3.63) is 12.2 Å². The first kappa shape index (κ1) is 23.7. The molecule has 0 fully saturated rings. The first-order valence-corrected chi connectivity index (χ1v) is 8.64. The predicted octanol–water partition coefficient (Wildman–Crippen LogP) is 5.95. The van der Waals surface area contributed by atoms with Crippen LogP contribution in [0.15, 0.2) is 12.2 Å². The van der Waals surface area contributed by atoms with Crippen LogP contribution in [-0.2, 0) is 4.79 Å². The Kier molecular flexibility index (Phi) is 23.1. The summed E-state index contributed by atoms with van der Waals surface area (Å²) in [6, 6.07) is 0. The number of allylic oxidation sites excluding steroid dienone is 2. The second-order valence-electron chi connectivity index (χ2n) is 5.73. The van der Waals surface area contributed by atoms with E-state index in [1.165, 1.54) is 70.6 Å². The first-order chi connectivity index (χ1) is 9.77. The molecule has 0 aliphatic carbocycles. The van der Waals surface area contributed by atoms with E-state index in [2.05, 4.69) is 19.1 Å². The van der Waals surface area contributed by atoms with E-state index in [1.807, 2.05) is 0 Å². The Balaban J connectivity index is -0.000000602. The third kappa shape index (κ3) is 22.9. The minimum Gasteiger partial charge on any atom is -1.00 e. The predicted molar refractivity (Wildman–Crippen MR) is 95.1 cm³/mol. The summed E-state index contributed by atoms with van der Waals surface area (Å²) in [6.07, 6.45) is 21.2. The van der Waals surface area contributed by atoms with Gasteiger partial charge in [0, 0.05) is 6.42 Å². The molecular formula is C18H36CaO2. The molecule has 0 heterocycles. The molecule has 0 bridgehead atoms. The maximum Gasteiger partial charge on any atom is 2.00 e. The van der Waals surface area contributed by atoms with Gasteiger partial charge in [0.15, 0.2) is 0 Å². The summed E-state index contributed by atoms with van der Waals surface area (Å²) in [5, 5.41) is 8.51. The van der Waals surface area contributed by atoms with Crippen molar-refractivity contribution in [3.63, 3.8) is 0 Å². The second-order valence-corrected chi connectivity index (χ2v) is 5.73. The summed E-state index contributed by atoms with van der Waals surface area (Å²) in [7, 11) is 0. The fraction of sp³-hybridized carbons (Fsp3) is 0.833. The van der Waals surface area contributed by atoms with Crippen LogP contribution in [0.5, 0.6) is 0 Å². The van der Waals surface area contributed by atoms with Gasteiger partial charge < -0.3 is 7.96 Å². The van der Waals surface area contributed by atoms with E-state index in [9.17, 15) is 4.79 Å². The Bertz CT molecular complexity index is 249. The molecule has 0 saturated heterocycles. The van der Waals surface area contributed by atoms with Gasteiger partial charge in [-0.25, -0.2) is 0 Å². The van der Waals surface area contributed by atoms with Gasteiger partial charge in [-0.3, -0.25) is 4.79 Å². The van der Waals surface area contributed by atoms with Crippen LogP contribution in [-0.4, -0.2) is 48.8 Å². The van der Waals surface area contributed by atoms with Crippen molar-refractivity contribution in [3.8, 4) is 0 Å². The molecule has 0 atom stereocenters. The number of hydrogen-bond donors (Lipinski definition) is 1. The molecule has 0 saturated carbocycles. The minimum absolute atomic E-state index is 0. The summed E-state index contributed by atoms with van der Waals surface area (Å²) in [5.41, 5.74) is 0. The fourth-order valence-electron chi connectivity index (χ4n) is 2.33. The number of aliphatic carboxylic acids is 1. The SMILES string of the molecule is CCCC/C=C\CCCCCCCCCCCC(=O)O.[Ca+2].[H-].[H-]. The normalized spacial score (nSPS) is 10.7. The molecule has 0 aromatic heterocycles. The van der Waals surface area contributed by atoms with Gasteiger partial charge in [0.2, 0.25) is 0 Å². The van der Waals surface area contributed by atoms with Gasteiger partial charge in [-0.15, -0.1) is 0 Å². The van der Waals surface area contributed by atoms with E-state index in [1.54, 1.807) is 0 Å². The van der Waals surface area contributed by atoms with Gasteiger partial charge in [0.1, 0.15) is 0 Å². The molecule has 122 valence electrons. The van der Waals surface area contributed by atoms with Crippen LogP contribution in [0, 0.1) is 0 Å². The zero-order chi connectivity index (χ0) is 14.9. The summed E-state index contributed by atoms with van der Waals surface area (Å²) >= 11 is 0. The van der Waals surface area contributed by atoms with Gasteiger partial charge in [-0.1, -0.05) is 76.9 Å². The second kappa shape index (κ2) is 20.5. The zero-order valence-electron chi connectivity index (χ0n) is 16.1. The maximum absolute atomic E-state index is 10.3. The first-order valence-electron chi connectivity index (χ1n) is 8.64. The van der Waals surface area contributed by atoms with Crippen molar-refractivity contribution in [1.29, 1.82) is 0 Å². The number of hydrogen-bond acceptors (Lipinski definition) is 1. The van der Waals surface area contributed by atoms with E-state index < -0.39 is 5.97 Å². The molecule has 0 aromatic rings. The van der Waals surface area contributed by atoms with Crippen molar-refractivity contribution in [1.82, 2.24) is 0 Å². The monoisotopic (exact) mass is 324 g/mol. The quantitative estimate of drug-likeness (QED) is 0.229. The molecule has 0 aliphatic rings. The Morgan fingerprint density at radius 2 is 1.24 bits per heavy atom. The van der Waals surface area contributed by atoms with Crippen molar-refractivity contribution in [2.24, 2.45) is 0 Å². The Hall–Kier alpha value is 0.470. The van der Waals surface area contributed by atoms with E-state index in [0.717, 1.165) is 12.8 Å². The van der Waals surface area contributed by atoms with Crippen molar-refractivity contribution < 1.29 is 12.8 Å². The van der Waals surface area contributed by atoms with Crippen LogP contribution in [0.4, 0.5) is 0 Å². The van der Waals surface area contributed by atoms with Gasteiger partial charge in [-0.05, 0) is 25.7 Å². The van der Waals surface area contributed by atoms with Gasteiger partial charge in [0.05, 0.1) is 0 Å². The summed E-state index contributed by atoms with van der Waals surface area (Å²) in [5.74, 6) is -0.659. The van der Waals surface area contributed by atoms with Crippen LogP contribution in [0.1, 0.15) is 99.7 Å². The Morgan fingerprint density at radius 1 is 0.810 bits per heavy atom. The Labute approximate surface area is 164 Å². The summed E-state index contributed by atoms with van der Waals surface area (Å²) < 4.78 is 0. The van der Waals surface area contributed by atoms with Gasteiger partial charge >= 0.3 is 43.7 Å². The van der Waals surface area contributed by atoms with Crippen molar-refractivity contribution in [2.45, 2.75) is 96.8 Å². The summed E-state index contributed by atoms with van der Waals surface area (Å²) in [4.78, 5) is 10.3. The Morgan fingerprint density at radius 3 is 1.71 bits per heavy atom. The van der Waals surface area contributed by atoms with Crippen LogP contribution < -0.4 is 0 Å². The smallest absolute Gasteiger partial charge is 1.00 e. The van der Waals surface area contributed by atoms with Crippen molar-refractivity contribution in [2.75, 3.05) is 0 Å². The average Bonchev–Trinajstić information content (AvgIpc) is 2.43. The standard InChI is InChI=1S/C18H34O2.Ca.2H/c1-2-3-4-5-6-7-8-9-10-11-12-13-14-15-16-17-18(19)20;;;/h5-6H,2-4,7-17H2,1H3,(H,19,20);;;/q;+2;2*-1/b6-5-;;;. The zero-order valence-corrected chi connectivity index (χ0v) is 16.3. The van der Waals surface area contributed by atoms with Crippen LogP contribution in [0.3, 0.4) is 0 Å². The molecule has 2 nitrogen and oxygen atoms in total. The van der Waals surface area contributed by atoms with Crippen LogP contribution in [0.2, 0.25) is 0 Å². The van der Waals surface area contributed by atoms with Crippen molar-refractivity contribution >= 4 is 43.7 Å². The molecular weight excluding hydrogens is 288 g/mol. The molecule has 0 unspecified atom stereocenters. The molecule has 0 rings (SSSR count). The van der Waals surface area contributed by atoms with E-state index in [0.29, 0.717) is 6.42 Å². The summed E-state index contributed by atoms with van der Waals surface area (Å²) in [6.45, 7) is 2.24. The number of carboxylic acids is 1. The average molecular weight is 325 g/mol. The van der Waals surface area contributed by atoms with Crippen LogP contribution >= 0.6 is 0 Å². The van der Waals surface area contributed by atoms with E-state index in [-0.39, 0.29) is 40.6 Å². The number of rotatable bonds is 15. The van der Waals surface area contributed by atoms with Gasteiger partial charge in [0.25, 0.3) is 0 Å². The number of carbonyl (C=O) groups is 1. The largest absolute Gasteiger partial charge is 2.00 e. The van der Waals surface area contributed by atoms with E-state index in [4.69, 9.17) is 5.11 Å². The fourth-order valence-corrected chi connectivity index (χ4v) is 2.33. The number of carboxylic acid groups (broad SMARTS) is 1. The van der Waals surface area contributed by atoms with Gasteiger partial charge in [-0.2, -0.15) is 0 Å². The van der Waals surface area contributed by atoms with Crippen LogP contribution in [0.25, 0.3) is 0 Å². The van der Waals surface area contributed by atoms with E-state index >= 15 is 0 Å². The molecule has 1 N–H and O–H groups in total. The molecule has 0 amide bonds. The molecule has 21 heavy (non-hydrogen) atoms. The molecule has 0 aliphatic heterocycles. The molecule has 0 aromatic carbocycles. The maximum atomic E-state index is 10.3. The molecule has 0 spiro atoms. The molecule has 3 heteroatoms. The molecule has 0 radical (unpaired) electrons. The topological polar surface area (TPSA) is 37.3 Å². The third-order valence-electron chi connectivity index (χ3n) is 3.65. The minimum atomic E-state index is -0.659.